The Kier molecular flexibility index (Phi) is 5.67. The standard InChI is InChI=1S/C16H21NO3S/c1-12-3-5-14(6-4-12)21-11-15(18)17-9-7-13(8-10-17)16(19)20-2/h3-6,13H,7-11H2,1-2H3. The summed E-state index contributed by atoms with van der Waals surface area (Å²) in [6.07, 6.45) is 1.40. The Morgan fingerprint density at radius 3 is 2.43 bits per heavy atom. The molecule has 0 N–H and O–H groups in total. The SMILES string of the molecule is COC(=O)C1CCN(C(=O)CSc2ccc(C)cc2)CC1. The molecule has 4 nitrogen and oxygen atoms in total. The number of piperidine rings is 1. The summed E-state index contributed by atoms with van der Waals surface area (Å²) in [5.41, 5.74) is 1.22. The van der Waals surface area contributed by atoms with Crippen LogP contribution in [0, 0.1) is 12.8 Å². The number of amides is 1. The quantitative estimate of drug-likeness (QED) is 0.633. The van der Waals surface area contributed by atoms with Crippen LogP contribution >= 0.6 is 11.8 Å². The third-order valence-electron chi connectivity index (χ3n) is 3.77. The number of ether oxygens (including phenoxy) is 1. The first kappa shape index (κ1) is 15.9. The van der Waals surface area contributed by atoms with E-state index in [1.807, 2.05) is 24.0 Å². The summed E-state index contributed by atoms with van der Waals surface area (Å²) in [4.78, 5) is 26.6. The van der Waals surface area contributed by atoms with Crippen molar-refractivity contribution in [2.45, 2.75) is 24.7 Å². The van der Waals surface area contributed by atoms with Crippen LogP contribution in [0.25, 0.3) is 0 Å². The Bertz CT molecular complexity index is 493. The van der Waals surface area contributed by atoms with E-state index in [-0.39, 0.29) is 17.8 Å². The van der Waals surface area contributed by atoms with Crippen molar-refractivity contribution in [3.63, 3.8) is 0 Å². The van der Waals surface area contributed by atoms with Gasteiger partial charge in [-0.15, -0.1) is 11.8 Å². The lowest BCUT2D eigenvalue weighted by Crippen LogP contribution is -2.41. The minimum atomic E-state index is -0.156. The monoisotopic (exact) mass is 307 g/mol. The summed E-state index contributed by atoms with van der Waals surface area (Å²) in [6.45, 7) is 3.34. The maximum atomic E-state index is 12.2. The van der Waals surface area contributed by atoms with Crippen molar-refractivity contribution in [3.05, 3.63) is 29.8 Å². The number of nitrogens with zero attached hydrogens (tertiary/aromatic N) is 1. The highest BCUT2D eigenvalue weighted by atomic mass is 32.2. The highest BCUT2D eigenvalue weighted by Gasteiger charge is 2.27. The minimum Gasteiger partial charge on any atom is -0.469 e. The van der Waals surface area contributed by atoms with Gasteiger partial charge in [-0.3, -0.25) is 9.59 Å². The number of rotatable bonds is 4. The van der Waals surface area contributed by atoms with Gasteiger partial charge in [-0.05, 0) is 31.9 Å². The molecule has 0 spiro atoms. The Morgan fingerprint density at radius 2 is 1.86 bits per heavy atom. The van der Waals surface area contributed by atoms with Crippen molar-refractivity contribution in [1.29, 1.82) is 0 Å². The van der Waals surface area contributed by atoms with E-state index in [4.69, 9.17) is 4.74 Å². The highest BCUT2D eigenvalue weighted by molar-refractivity contribution is 8.00. The van der Waals surface area contributed by atoms with Crippen LogP contribution in [0.1, 0.15) is 18.4 Å². The molecule has 0 radical (unpaired) electrons. The van der Waals surface area contributed by atoms with Gasteiger partial charge in [0.25, 0.3) is 0 Å². The zero-order chi connectivity index (χ0) is 15.2. The molecule has 1 saturated heterocycles. The number of esters is 1. The van der Waals surface area contributed by atoms with Gasteiger partial charge in [0.1, 0.15) is 0 Å². The molecule has 1 heterocycles. The molecule has 5 heteroatoms. The number of methoxy groups -OCH3 is 1. The van der Waals surface area contributed by atoms with Crippen LogP contribution in [0.15, 0.2) is 29.2 Å². The van der Waals surface area contributed by atoms with Gasteiger partial charge >= 0.3 is 5.97 Å². The van der Waals surface area contributed by atoms with Crippen molar-refractivity contribution < 1.29 is 14.3 Å². The number of hydrogen-bond donors (Lipinski definition) is 0. The summed E-state index contributed by atoms with van der Waals surface area (Å²) in [5, 5.41) is 0. The summed E-state index contributed by atoms with van der Waals surface area (Å²) >= 11 is 1.56. The zero-order valence-corrected chi connectivity index (χ0v) is 13.3. The van der Waals surface area contributed by atoms with Crippen molar-refractivity contribution in [1.82, 2.24) is 4.90 Å². The number of carbonyl (C=O) groups excluding carboxylic acids is 2. The minimum absolute atomic E-state index is 0.0520. The Hall–Kier alpha value is -1.49. The summed E-state index contributed by atoms with van der Waals surface area (Å²) in [6, 6.07) is 8.18. The van der Waals surface area contributed by atoms with Gasteiger partial charge in [0.05, 0.1) is 18.8 Å². The Balaban J connectivity index is 1.77. The molecule has 1 fully saturated rings. The summed E-state index contributed by atoms with van der Waals surface area (Å²) in [5.74, 6) is 0.384. The van der Waals surface area contributed by atoms with Gasteiger partial charge in [0.15, 0.2) is 0 Å². The third-order valence-corrected chi connectivity index (χ3v) is 4.76. The first-order chi connectivity index (χ1) is 10.1. The van der Waals surface area contributed by atoms with E-state index in [0.717, 1.165) is 4.90 Å². The van der Waals surface area contributed by atoms with Gasteiger partial charge in [-0.25, -0.2) is 0 Å². The Labute approximate surface area is 129 Å². The number of hydrogen-bond acceptors (Lipinski definition) is 4. The molecule has 0 saturated carbocycles. The summed E-state index contributed by atoms with van der Waals surface area (Å²) < 4.78 is 4.75. The zero-order valence-electron chi connectivity index (χ0n) is 12.5. The first-order valence-electron chi connectivity index (χ1n) is 7.15. The molecule has 0 aromatic heterocycles. The summed E-state index contributed by atoms with van der Waals surface area (Å²) in [7, 11) is 1.41. The van der Waals surface area contributed by atoms with E-state index in [9.17, 15) is 9.59 Å². The molecule has 2 rings (SSSR count). The van der Waals surface area contributed by atoms with E-state index in [1.165, 1.54) is 12.7 Å². The molecule has 114 valence electrons. The van der Waals surface area contributed by atoms with Gasteiger partial charge < -0.3 is 9.64 Å². The number of thioether (sulfide) groups is 1. The number of benzene rings is 1. The number of aryl methyl sites for hydroxylation is 1. The predicted octanol–water partition coefficient (Wildman–Crippen LogP) is 2.50. The maximum Gasteiger partial charge on any atom is 0.308 e. The van der Waals surface area contributed by atoms with E-state index < -0.39 is 0 Å². The molecular formula is C16H21NO3S. The second-order valence-corrected chi connectivity index (χ2v) is 6.33. The van der Waals surface area contributed by atoms with E-state index >= 15 is 0 Å². The smallest absolute Gasteiger partial charge is 0.308 e. The van der Waals surface area contributed by atoms with E-state index in [2.05, 4.69) is 12.1 Å². The molecule has 0 atom stereocenters. The molecule has 0 aliphatic carbocycles. The van der Waals surface area contributed by atoms with Gasteiger partial charge in [0.2, 0.25) is 5.91 Å². The van der Waals surface area contributed by atoms with E-state index in [0.29, 0.717) is 31.7 Å². The third kappa shape index (κ3) is 4.49. The van der Waals surface area contributed by atoms with Crippen LogP contribution in [-0.4, -0.2) is 42.7 Å². The van der Waals surface area contributed by atoms with Crippen molar-refractivity contribution in [2.24, 2.45) is 5.92 Å². The van der Waals surface area contributed by atoms with Crippen LogP contribution in [0.2, 0.25) is 0 Å². The molecule has 1 aromatic rings. The fourth-order valence-corrected chi connectivity index (χ4v) is 3.20. The normalized spacial score (nSPS) is 15.8. The maximum absolute atomic E-state index is 12.2. The first-order valence-corrected chi connectivity index (χ1v) is 8.14. The molecule has 1 aliphatic rings. The van der Waals surface area contributed by atoms with E-state index in [1.54, 1.807) is 11.8 Å². The van der Waals surface area contributed by atoms with Crippen LogP contribution in [0.5, 0.6) is 0 Å². The average molecular weight is 307 g/mol. The predicted molar refractivity (Wildman–Crippen MR) is 83.2 cm³/mol. The largest absolute Gasteiger partial charge is 0.469 e. The second kappa shape index (κ2) is 7.50. The van der Waals surface area contributed by atoms with Crippen LogP contribution in [-0.2, 0) is 14.3 Å². The number of carbonyl (C=O) groups is 2. The fourth-order valence-electron chi connectivity index (χ4n) is 2.40. The molecule has 1 aromatic carbocycles. The molecular weight excluding hydrogens is 286 g/mol. The molecule has 21 heavy (non-hydrogen) atoms. The lowest BCUT2D eigenvalue weighted by atomic mass is 9.97. The topological polar surface area (TPSA) is 46.6 Å². The van der Waals surface area contributed by atoms with Crippen molar-refractivity contribution >= 4 is 23.6 Å². The Morgan fingerprint density at radius 1 is 1.24 bits per heavy atom. The lowest BCUT2D eigenvalue weighted by molar-refractivity contribution is -0.148. The van der Waals surface area contributed by atoms with Crippen LogP contribution in [0.4, 0.5) is 0 Å². The number of likely N-dealkylation sites (tertiary alicyclic amines) is 1. The highest BCUT2D eigenvalue weighted by Crippen LogP contribution is 2.22. The van der Waals surface area contributed by atoms with Gasteiger partial charge in [0, 0.05) is 18.0 Å². The molecule has 1 amide bonds. The lowest BCUT2D eigenvalue weighted by Gasteiger charge is -2.30. The average Bonchev–Trinajstić information content (AvgIpc) is 2.53. The second-order valence-electron chi connectivity index (χ2n) is 5.28. The fraction of sp³-hybridized carbons (Fsp3) is 0.500. The molecule has 0 unspecified atom stereocenters. The van der Waals surface area contributed by atoms with Crippen LogP contribution < -0.4 is 0 Å². The van der Waals surface area contributed by atoms with Crippen molar-refractivity contribution in [2.75, 3.05) is 26.0 Å². The van der Waals surface area contributed by atoms with Gasteiger partial charge in [-0.1, -0.05) is 17.7 Å². The van der Waals surface area contributed by atoms with Crippen LogP contribution in [0.3, 0.4) is 0 Å². The molecule has 1 aliphatic heterocycles. The molecule has 0 bridgehead atoms. The van der Waals surface area contributed by atoms with Crippen molar-refractivity contribution in [3.8, 4) is 0 Å². The van der Waals surface area contributed by atoms with Gasteiger partial charge in [-0.2, -0.15) is 0 Å².